The highest BCUT2D eigenvalue weighted by molar-refractivity contribution is 5.32. The molecule has 1 unspecified atom stereocenters. The summed E-state index contributed by atoms with van der Waals surface area (Å²) in [5.41, 5.74) is 5.73. The zero-order valence-corrected chi connectivity index (χ0v) is 7.62. The molecule has 0 radical (unpaired) electrons. The number of nitrogens with zero attached hydrogens (tertiary/aromatic N) is 2. The van der Waals surface area contributed by atoms with E-state index >= 15 is 0 Å². The van der Waals surface area contributed by atoms with Crippen LogP contribution in [0.25, 0.3) is 0 Å². The highest BCUT2D eigenvalue weighted by Crippen LogP contribution is 2.00. The molecule has 0 aromatic carbocycles. The third-order valence-corrected chi connectivity index (χ3v) is 1.78. The van der Waals surface area contributed by atoms with E-state index in [2.05, 4.69) is 17.3 Å². The summed E-state index contributed by atoms with van der Waals surface area (Å²) < 4.78 is 1.76. The van der Waals surface area contributed by atoms with Crippen LogP contribution < -0.4 is 11.1 Å². The molecule has 1 aromatic heterocycles. The molecule has 1 aromatic rings. The van der Waals surface area contributed by atoms with Crippen molar-refractivity contribution in [1.29, 1.82) is 0 Å². The van der Waals surface area contributed by atoms with Crippen LogP contribution in [-0.4, -0.2) is 22.4 Å². The van der Waals surface area contributed by atoms with Crippen LogP contribution in [0.5, 0.6) is 0 Å². The van der Waals surface area contributed by atoms with Crippen LogP contribution in [0.15, 0.2) is 12.3 Å². The van der Waals surface area contributed by atoms with Gasteiger partial charge in [-0.3, -0.25) is 4.68 Å². The van der Waals surface area contributed by atoms with Gasteiger partial charge in [0.15, 0.2) is 0 Å². The Morgan fingerprint density at radius 2 is 2.50 bits per heavy atom. The Morgan fingerprint density at radius 1 is 1.75 bits per heavy atom. The van der Waals surface area contributed by atoms with Crippen molar-refractivity contribution in [2.24, 2.45) is 12.8 Å². The zero-order valence-electron chi connectivity index (χ0n) is 7.62. The predicted molar refractivity (Wildman–Crippen MR) is 50.0 cm³/mol. The fourth-order valence-electron chi connectivity index (χ4n) is 0.889. The Labute approximate surface area is 72.8 Å². The number of anilines is 1. The van der Waals surface area contributed by atoms with Crippen molar-refractivity contribution in [3.05, 3.63) is 12.3 Å². The molecule has 0 aliphatic carbocycles. The van der Waals surface area contributed by atoms with Crippen LogP contribution in [0.3, 0.4) is 0 Å². The average molecular weight is 168 g/mol. The summed E-state index contributed by atoms with van der Waals surface area (Å²) in [6.45, 7) is 2.86. The Morgan fingerprint density at radius 3 is 3.00 bits per heavy atom. The second-order valence-corrected chi connectivity index (χ2v) is 2.92. The lowest BCUT2D eigenvalue weighted by atomic mass is 10.2. The van der Waals surface area contributed by atoms with E-state index < -0.39 is 0 Å². The summed E-state index contributed by atoms with van der Waals surface area (Å²) >= 11 is 0. The molecule has 0 aliphatic heterocycles. The van der Waals surface area contributed by atoms with Crippen LogP contribution in [0.2, 0.25) is 0 Å². The summed E-state index contributed by atoms with van der Waals surface area (Å²) in [6, 6.07) is 2.15. The molecule has 0 saturated heterocycles. The number of nitrogens with one attached hydrogen (secondary N) is 1. The first-order chi connectivity index (χ1) is 5.72. The van der Waals surface area contributed by atoms with Crippen molar-refractivity contribution in [3.63, 3.8) is 0 Å². The topological polar surface area (TPSA) is 55.9 Å². The van der Waals surface area contributed by atoms with E-state index in [0.29, 0.717) is 0 Å². The van der Waals surface area contributed by atoms with Crippen LogP contribution in [0.4, 0.5) is 5.82 Å². The summed E-state index contributed by atoms with van der Waals surface area (Å²) in [5.74, 6) is 0.890. The fraction of sp³-hybridized carbons (Fsp3) is 0.625. The lowest BCUT2D eigenvalue weighted by Crippen LogP contribution is -2.28. The quantitative estimate of drug-likeness (QED) is 0.691. The van der Waals surface area contributed by atoms with E-state index in [1.165, 1.54) is 0 Å². The first-order valence-corrected chi connectivity index (χ1v) is 4.21. The van der Waals surface area contributed by atoms with E-state index in [4.69, 9.17) is 5.73 Å². The number of aromatic nitrogens is 2. The minimum Gasteiger partial charge on any atom is -0.367 e. The normalized spacial score (nSPS) is 12.9. The average Bonchev–Trinajstić information content (AvgIpc) is 2.47. The smallest absolute Gasteiger partial charge is 0.148 e. The molecule has 0 amide bonds. The molecule has 68 valence electrons. The maximum atomic E-state index is 5.73. The Bertz CT molecular complexity index is 231. The molecule has 4 nitrogen and oxygen atoms in total. The van der Waals surface area contributed by atoms with Gasteiger partial charge in [-0.05, 0) is 6.42 Å². The van der Waals surface area contributed by atoms with Crippen molar-refractivity contribution < 1.29 is 0 Å². The Kier molecular flexibility index (Phi) is 3.10. The molecule has 0 spiro atoms. The molecule has 12 heavy (non-hydrogen) atoms. The van der Waals surface area contributed by atoms with Gasteiger partial charge in [0.05, 0.1) is 0 Å². The van der Waals surface area contributed by atoms with Gasteiger partial charge >= 0.3 is 0 Å². The van der Waals surface area contributed by atoms with Gasteiger partial charge in [0, 0.05) is 31.9 Å². The van der Waals surface area contributed by atoms with Gasteiger partial charge in [-0.15, -0.1) is 0 Å². The molecule has 3 N–H and O–H groups in total. The standard InChI is InChI=1S/C8H16N4/c1-3-7(9)6-10-8-4-5-12(2)11-8/h4-5,7H,3,6,9H2,1-2H3,(H,10,11). The van der Waals surface area contributed by atoms with E-state index in [1.54, 1.807) is 4.68 Å². The van der Waals surface area contributed by atoms with Crippen molar-refractivity contribution in [2.45, 2.75) is 19.4 Å². The second kappa shape index (κ2) is 4.11. The highest BCUT2D eigenvalue weighted by Gasteiger charge is 1.99. The monoisotopic (exact) mass is 168 g/mol. The first kappa shape index (κ1) is 9.06. The van der Waals surface area contributed by atoms with Gasteiger partial charge in [-0.1, -0.05) is 6.92 Å². The maximum Gasteiger partial charge on any atom is 0.148 e. The first-order valence-electron chi connectivity index (χ1n) is 4.21. The molecular formula is C8H16N4. The van der Waals surface area contributed by atoms with E-state index in [1.807, 2.05) is 19.3 Å². The fourth-order valence-corrected chi connectivity index (χ4v) is 0.889. The number of nitrogens with two attached hydrogens (primary N) is 1. The van der Waals surface area contributed by atoms with E-state index in [-0.39, 0.29) is 6.04 Å². The molecular weight excluding hydrogens is 152 g/mol. The Hall–Kier alpha value is -1.03. The van der Waals surface area contributed by atoms with Crippen molar-refractivity contribution in [3.8, 4) is 0 Å². The van der Waals surface area contributed by atoms with Gasteiger partial charge in [0.2, 0.25) is 0 Å². The van der Waals surface area contributed by atoms with Crippen molar-refractivity contribution >= 4 is 5.82 Å². The summed E-state index contributed by atoms with van der Waals surface area (Å²) in [6.07, 6.45) is 2.89. The third-order valence-electron chi connectivity index (χ3n) is 1.78. The Balaban J connectivity index is 2.33. The molecule has 0 bridgehead atoms. The molecule has 1 heterocycles. The lowest BCUT2D eigenvalue weighted by molar-refractivity contribution is 0.675. The van der Waals surface area contributed by atoms with Crippen LogP contribution in [-0.2, 0) is 7.05 Å². The molecule has 0 fully saturated rings. The van der Waals surface area contributed by atoms with Crippen LogP contribution in [0.1, 0.15) is 13.3 Å². The number of rotatable bonds is 4. The van der Waals surface area contributed by atoms with Gasteiger partial charge in [0.25, 0.3) is 0 Å². The van der Waals surface area contributed by atoms with Gasteiger partial charge in [0.1, 0.15) is 5.82 Å². The number of hydrogen-bond donors (Lipinski definition) is 2. The molecule has 4 heteroatoms. The maximum absolute atomic E-state index is 5.73. The SMILES string of the molecule is CCC(N)CNc1ccn(C)n1. The minimum absolute atomic E-state index is 0.215. The minimum atomic E-state index is 0.215. The second-order valence-electron chi connectivity index (χ2n) is 2.92. The lowest BCUT2D eigenvalue weighted by Gasteiger charge is -2.08. The van der Waals surface area contributed by atoms with Crippen molar-refractivity contribution in [1.82, 2.24) is 9.78 Å². The molecule has 0 saturated carbocycles. The third kappa shape index (κ3) is 2.54. The van der Waals surface area contributed by atoms with Crippen LogP contribution >= 0.6 is 0 Å². The largest absolute Gasteiger partial charge is 0.367 e. The predicted octanol–water partition coefficient (Wildman–Crippen LogP) is 0.569. The number of aryl methyl sites for hydroxylation is 1. The number of hydrogen-bond acceptors (Lipinski definition) is 3. The molecule has 1 atom stereocenters. The zero-order chi connectivity index (χ0) is 8.97. The van der Waals surface area contributed by atoms with Crippen LogP contribution in [0, 0.1) is 0 Å². The van der Waals surface area contributed by atoms with Gasteiger partial charge in [-0.25, -0.2) is 0 Å². The van der Waals surface area contributed by atoms with Crippen molar-refractivity contribution in [2.75, 3.05) is 11.9 Å². The summed E-state index contributed by atoms with van der Waals surface area (Å²) in [5, 5.41) is 7.33. The molecule has 1 rings (SSSR count). The highest BCUT2D eigenvalue weighted by atomic mass is 15.3. The van der Waals surface area contributed by atoms with Gasteiger partial charge in [-0.2, -0.15) is 5.10 Å². The van der Waals surface area contributed by atoms with E-state index in [9.17, 15) is 0 Å². The van der Waals surface area contributed by atoms with E-state index in [0.717, 1.165) is 18.8 Å². The summed E-state index contributed by atoms with van der Waals surface area (Å²) in [7, 11) is 1.89. The van der Waals surface area contributed by atoms with Gasteiger partial charge < -0.3 is 11.1 Å². The molecule has 0 aliphatic rings. The summed E-state index contributed by atoms with van der Waals surface area (Å²) in [4.78, 5) is 0.